The fourth-order valence-electron chi connectivity index (χ4n) is 2.18. The maximum absolute atomic E-state index is 5.72. The maximum Gasteiger partial charge on any atom is 0.228 e. The highest BCUT2D eigenvalue weighted by molar-refractivity contribution is 7.14. The van der Waals surface area contributed by atoms with Crippen LogP contribution >= 0.6 is 11.3 Å². The van der Waals surface area contributed by atoms with Crippen LogP contribution in [-0.2, 0) is 4.74 Å². The quantitative estimate of drug-likeness (QED) is 0.351. The number of fused-ring (bicyclic) bond motifs is 1. The molecule has 25 heavy (non-hydrogen) atoms. The molecular weight excluding hydrogens is 352 g/mol. The van der Waals surface area contributed by atoms with Crippen LogP contribution in [0.2, 0.25) is 25.7 Å². The van der Waals surface area contributed by atoms with Crippen molar-refractivity contribution in [2.75, 3.05) is 13.4 Å². The van der Waals surface area contributed by atoms with Crippen LogP contribution in [0.3, 0.4) is 0 Å². The van der Waals surface area contributed by atoms with Crippen LogP contribution in [0.5, 0.6) is 5.88 Å². The molecule has 0 spiro atoms. The standard InChI is InChI=1S/C17H22N4O2SSi/c1-12-8-19-17(24-12)13-7-14-15(18-9-13)20-10-21-16(14)23-11-22-5-6-25(2,3)4/h7-10H,5-6,11H2,1-4H3. The number of hydrogen-bond donors (Lipinski definition) is 0. The Kier molecular flexibility index (Phi) is 5.41. The summed E-state index contributed by atoms with van der Waals surface area (Å²) in [6.45, 7) is 9.89. The van der Waals surface area contributed by atoms with E-state index < -0.39 is 8.07 Å². The lowest BCUT2D eigenvalue weighted by Gasteiger charge is -2.15. The van der Waals surface area contributed by atoms with Crippen LogP contribution in [0.1, 0.15) is 4.88 Å². The van der Waals surface area contributed by atoms with Gasteiger partial charge in [-0.1, -0.05) is 19.6 Å². The van der Waals surface area contributed by atoms with Gasteiger partial charge in [-0.25, -0.2) is 19.9 Å². The van der Waals surface area contributed by atoms with Crippen LogP contribution in [0, 0.1) is 6.92 Å². The molecule has 0 aliphatic heterocycles. The molecule has 0 aliphatic carbocycles. The second-order valence-electron chi connectivity index (χ2n) is 7.03. The second-order valence-corrected chi connectivity index (χ2v) is 13.9. The van der Waals surface area contributed by atoms with E-state index in [1.807, 2.05) is 19.2 Å². The van der Waals surface area contributed by atoms with Crippen molar-refractivity contribution in [3.8, 4) is 16.5 Å². The maximum atomic E-state index is 5.72. The highest BCUT2D eigenvalue weighted by atomic mass is 32.1. The number of rotatable bonds is 7. The molecular formula is C17H22N4O2SSi. The van der Waals surface area contributed by atoms with E-state index in [1.54, 1.807) is 17.5 Å². The zero-order chi connectivity index (χ0) is 17.9. The van der Waals surface area contributed by atoms with E-state index in [-0.39, 0.29) is 6.79 Å². The molecule has 132 valence electrons. The first-order valence-electron chi connectivity index (χ1n) is 8.16. The Bertz CT molecular complexity index is 863. The van der Waals surface area contributed by atoms with Gasteiger partial charge in [0.05, 0.1) is 5.39 Å². The highest BCUT2D eigenvalue weighted by Gasteiger charge is 2.13. The van der Waals surface area contributed by atoms with Crippen molar-refractivity contribution < 1.29 is 9.47 Å². The van der Waals surface area contributed by atoms with Gasteiger partial charge in [0.25, 0.3) is 0 Å². The van der Waals surface area contributed by atoms with E-state index in [9.17, 15) is 0 Å². The van der Waals surface area contributed by atoms with Crippen LogP contribution in [0.25, 0.3) is 21.6 Å². The smallest absolute Gasteiger partial charge is 0.228 e. The molecule has 0 bridgehead atoms. The van der Waals surface area contributed by atoms with E-state index in [0.29, 0.717) is 18.1 Å². The summed E-state index contributed by atoms with van der Waals surface area (Å²) in [5.41, 5.74) is 1.54. The Labute approximate surface area is 152 Å². The fourth-order valence-corrected chi connectivity index (χ4v) is 3.68. The van der Waals surface area contributed by atoms with Crippen molar-refractivity contribution in [3.05, 3.63) is 29.7 Å². The van der Waals surface area contributed by atoms with Crippen molar-refractivity contribution in [2.24, 2.45) is 0 Å². The van der Waals surface area contributed by atoms with Crippen molar-refractivity contribution in [2.45, 2.75) is 32.6 Å². The zero-order valence-corrected chi connectivity index (χ0v) is 16.8. The molecule has 0 saturated carbocycles. The fraction of sp³-hybridized carbons (Fsp3) is 0.412. The molecule has 0 N–H and O–H groups in total. The molecule has 0 aromatic carbocycles. The lowest BCUT2D eigenvalue weighted by molar-refractivity contribution is 0.0203. The molecule has 0 atom stereocenters. The Morgan fingerprint density at radius 2 is 1.92 bits per heavy atom. The molecule has 0 aliphatic rings. The molecule has 8 heteroatoms. The van der Waals surface area contributed by atoms with Crippen LogP contribution in [-0.4, -0.2) is 41.4 Å². The number of thiazole rings is 1. The Balaban J connectivity index is 1.74. The molecule has 3 rings (SSSR count). The third-order valence-corrected chi connectivity index (χ3v) is 6.26. The van der Waals surface area contributed by atoms with Gasteiger partial charge in [0, 0.05) is 37.5 Å². The van der Waals surface area contributed by atoms with Gasteiger partial charge in [-0.05, 0) is 19.0 Å². The number of aryl methyl sites for hydroxylation is 1. The first-order valence-corrected chi connectivity index (χ1v) is 12.7. The summed E-state index contributed by atoms with van der Waals surface area (Å²) in [5, 5.41) is 1.69. The highest BCUT2D eigenvalue weighted by Crippen LogP contribution is 2.28. The number of ether oxygens (including phenoxy) is 2. The van der Waals surface area contributed by atoms with Gasteiger partial charge in [-0.2, -0.15) is 0 Å². The third-order valence-electron chi connectivity index (χ3n) is 3.60. The van der Waals surface area contributed by atoms with Gasteiger partial charge >= 0.3 is 0 Å². The van der Waals surface area contributed by atoms with Gasteiger partial charge < -0.3 is 9.47 Å². The van der Waals surface area contributed by atoms with Crippen LogP contribution < -0.4 is 4.74 Å². The van der Waals surface area contributed by atoms with Gasteiger partial charge in [-0.3, -0.25) is 0 Å². The van der Waals surface area contributed by atoms with E-state index in [2.05, 4.69) is 39.6 Å². The van der Waals surface area contributed by atoms with Crippen molar-refractivity contribution >= 4 is 30.4 Å². The number of aromatic nitrogens is 4. The van der Waals surface area contributed by atoms with Crippen molar-refractivity contribution in [1.29, 1.82) is 0 Å². The van der Waals surface area contributed by atoms with Gasteiger partial charge in [-0.15, -0.1) is 11.3 Å². The Morgan fingerprint density at radius 1 is 1.08 bits per heavy atom. The van der Waals surface area contributed by atoms with Crippen LogP contribution in [0.4, 0.5) is 0 Å². The van der Waals surface area contributed by atoms with Crippen LogP contribution in [0.15, 0.2) is 24.8 Å². The third kappa shape index (κ3) is 4.81. The first kappa shape index (κ1) is 17.9. The van der Waals surface area contributed by atoms with Crippen molar-refractivity contribution in [1.82, 2.24) is 19.9 Å². The summed E-state index contributed by atoms with van der Waals surface area (Å²) < 4.78 is 11.3. The minimum Gasteiger partial charge on any atom is -0.450 e. The molecule has 0 fully saturated rings. The topological polar surface area (TPSA) is 70.0 Å². The molecule has 0 unspecified atom stereocenters. The zero-order valence-electron chi connectivity index (χ0n) is 14.9. The van der Waals surface area contributed by atoms with Gasteiger partial charge in [0.15, 0.2) is 12.4 Å². The predicted molar refractivity (Wildman–Crippen MR) is 103 cm³/mol. The molecule has 3 aromatic rings. The normalized spacial score (nSPS) is 11.8. The molecule has 6 nitrogen and oxygen atoms in total. The summed E-state index contributed by atoms with van der Waals surface area (Å²) in [4.78, 5) is 18.4. The molecule has 3 heterocycles. The molecule has 0 saturated heterocycles. The number of nitrogens with zero attached hydrogens (tertiary/aromatic N) is 4. The summed E-state index contributed by atoms with van der Waals surface area (Å²) in [5.74, 6) is 0.487. The number of hydrogen-bond acceptors (Lipinski definition) is 7. The first-order chi connectivity index (χ1) is 11.9. The van der Waals surface area contributed by atoms with Gasteiger partial charge in [0.2, 0.25) is 5.88 Å². The average molecular weight is 375 g/mol. The minimum absolute atomic E-state index is 0.178. The lowest BCUT2D eigenvalue weighted by atomic mass is 10.2. The van der Waals surface area contributed by atoms with E-state index in [0.717, 1.165) is 26.9 Å². The largest absolute Gasteiger partial charge is 0.450 e. The molecule has 0 radical (unpaired) electrons. The Morgan fingerprint density at radius 3 is 2.64 bits per heavy atom. The second kappa shape index (κ2) is 7.55. The van der Waals surface area contributed by atoms with E-state index in [1.165, 1.54) is 6.33 Å². The molecule has 3 aromatic heterocycles. The van der Waals surface area contributed by atoms with E-state index >= 15 is 0 Å². The SMILES string of the molecule is Cc1cnc(-c2cnc3ncnc(OCOCC[Si](C)(C)C)c3c2)s1. The van der Waals surface area contributed by atoms with E-state index in [4.69, 9.17) is 9.47 Å². The lowest BCUT2D eigenvalue weighted by Crippen LogP contribution is -2.22. The predicted octanol–water partition coefficient (Wildman–Crippen LogP) is 4.15. The average Bonchev–Trinajstić information content (AvgIpc) is 3.00. The van der Waals surface area contributed by atoms with Crippen molar-refractivity contribution in [3.63, 3.8) is 0 Å². The minimum atomic E-state index is -1.10. The summed E-state index contributed by atoms with van der Waals surface area (Å²) in [6, 6.07) is 3.08. The summed E-state index contributed by atoms with van der Waals surface area (Å²) >= 11 is 1.63. The Hall–Kier alpha value is -1.90. The molecule has 0 amide bonds. The number of pyridine rings is 1. The van der Waals surface area contributed by atoms with Gasteiger partial charge in [0.1, 0.15) is 11.3 Å². The monoisotopic (exact) mass is 374 g/mol. The summed E-state index contributed by atoms with van der Waals surface area (Å²) in [6.07, 6.45) is 5.09. The summed E-state index contributed by atoms with van der Waals surface area (Å²) in [7, 11) is -1.10.